The van der Waals surface area contributed by atoms with Crippen molar-refractivity contribution < 1.29 is 22.0 Å². The Balaban J connectivity index is 2.59. The molecule has 0 saturated heterocycles. The minimum absolute atomic E-state index is 0.324. The van der Waals surface area contributed by atoms with Crippen LogP contribution in [-0.4, -0.2) is 11.9 Å². The standard InChI is InChI=1S/C9H4F5N/c10-8(11)5-3-1-2-4-6(5)15-7(8)9(12,13)14/h1-4H. The van der Waals surface area contributed by atoms with E-state index >= 15 is 0 Å². The molecule has 2 rings (SSSR count). The zero-order valence-electron chi connectivity index (χ0n) is 7.15. The second-order valence-electron chi connectivity index (χ2n) is 3.05. The first-order valence-electron chi connectivity index (χ1n) is 3.97. The van der Waals surface area contributed by atoms with E-state index < -0.39 is 23.4 Å². The van der Waals surface area contributed by atoms with Crippen LogP contribution in [0.1, 0.15) is 5.56 Å². The number of alkyl halides is 5. The quantitative estimate of drug-likeness (QED) is 0.595. The van der Waals surface area contributed by atoms with Gasteiger partial charge >= 0.3 is 12.1 Å². The molecule has 0 fully saturated rings. The van der Waals surface area contributed by atoms with Crippen LogP contribution in [0.2, 0.25) is 0 Å². The van der Waals surface area contributed by atoms with Crippen LogP contribution in [0.4, 0.5) is 27.6 Å². The lowest BCUT2D eigenvalue weighted by atomic mass is 10.1. The molecule has 0 spiro atoms. The molecule has 0 radical (unpaired) electrons. The van der Waals surface area contributed by atoms with Crippen LogP contribution in [0.15, 0.2) is 29.3 Å². The number of aliphatic imine (C=N–C) groups is 1. The average molecular weight is 221 g/mol. The van der Waals surface area contributed by atoms with Crippen molar-refractivity contribution in [3.63, 3.8) is 0 Å². The molecule has 0 saturated carbocycles. The SMILES string of the molecule is FC(F)(F)C1=Nc2ccccc2C1(F)F. The molecule has 0 aliphatic carbocycles. The molecule has 0 N–H and O–H groups in total. The first-order valence-corrected chi connectivity index (χ1v) is 3.97. The van der Waals surface area contributed by atoms with Gasteiger partial charge in [0.2, 0.25) is 0 Å². The van der Waals surface area contributed by atoms with Gasteiger partial charge in [-0.2, -0.15) is 22.0 Å². The van der Waals surface area contributed by atoms with Gasteiger partial charge in [-0.15, -0.1) is 0 Å². The van der Waals surface area contributed by atoms with E-state index in [0.29, 0.717) is 0 Å². The van der Waals surface area contributed by atoms with Crippen molar-refractivity contribution in [3.8, 4) is 0 Å². The zero-order chi connectivity index (χ0) is 11.3. The molecule has 0 unspecified atom stereocenters. The fraction of sp³-hybridized carbons (Fsp3) is 0.222. The molecule has 1 heterocycles. The smallest absolute Gasteiger partial charge is 0.241 e. The minimum atomic E-state index is -5.11. The summed E-state index contributed by atoms with van der Waals surface area (Å²) in [6.07, 6.45) is -5.11. The van der Waals surface area contributed by atoms with Gasteiger partial charge in [0.15, 0.2) is 5.71 Å². The van der Waals surface area contributed by atoms with E-state index in [0.717, 1.165) is 12.1 Å². The van der Waals surface area contributed by atoms with Gasteiger partial charge in [-0.05, 0) is 6.07 Å². The van der Waals surface area contributed by atoms with E-state index in [-0.39, 0.29) is 5.69 Å². The normalized spacial score (nSPS) is 18.6. The van der Waals surface area contributed by atoms with E-state index in [4.69, 9.17) is 0 Å². The van der Waals surface area contributed by atoms with Crippen LogP contribution in [-0.2, 0) is 5.92 Å². The summed E-state index contributed by atoms with van der Waals surface area (Å²) in [5.74, 6) is -4.05. The maximum absolute atomic E-state index is 13.2. The first-order chi connectivity index (χ1) is 6.83. The van der Waals surface area contributed by atoms with E-state index in [2.05, 4.69) is 4.99 Å². The highest BCUT2D eigenvalue weighted by Crippen LogP contribution is 2.46. The van der Waals surface area contributed by atoms with E-state index in [1.54, 1.807) is 0 Å². The van der Waals surface area contributed by atoms with E-state index in [9.17, 15) is 22.0 Å². The molecule has 0 atom stereocenters. The lowest BCUT2D eigenvalue weighted by molar-refractivity contribution is -0.0800. The maximum Gasteiger partial charge on any atom is 0.435 e. The van der Waals surface area contributed by atoms with Crippen molar-refractivity contribution in [2.45, 2.75) is 12.1 Å². The molecule has 1 aliphatic heterocycles. The Morgan fingerprint density at radius 2 is 1.67 bits per heavy atom. The summed E-state index contributed by atoms with van der Waals surface area (Å²) in [6.45, 7) is 0. The van der Waals surface area contributed by atoms with Crippen LogP contribution < -0.4 is 0 Å². The van der Waals surface area contributed by atoms with Crippen molar-refractivity contribution in [2.75, 3.05) is 0 Å². The highest BCUT2D eigenvalue weighted by molar-refractivity contribution is 6.02. The van der Waals surface area contributed by atoms with Crippen molar-refractivity contribution in [2.24, 2.45) is 4.99 Å². The van der Waals surface area contributed by atoms with E-state index in [1.807, 2.05) is 0 Å². The fourth-order valence-corrected chi connectivity index (χ4v) is 1.40. The van der Waals surface area contributed by atoms with Crippen LogP contribution in [0.3, 0.4) is 0 Å². The van der Waals surface area contributed by atoms with Crippen LogP contribution in [0.5, 0.6) is 0 Å². The Morgan fingerprint density at radius 3 is 2.20 bits per heavy atom. The summed E-state index contributed by atoms with van der Waals surface area (Å²) in [7, 11) is 0. The molecule has 0 bridgehead atoms. The molecule has 1 aromatic carbocycles. The minimum Gasteiger partial charge on any atom is -0.241 e. The topological polar surface area (TPSA) is 12.4 Å². The van der Waals surface area contributed by atoms with Crippen LogP contribution in [0.25, 0.3) is 0 Å². The fourth-order valence-electron chi connectivity index (χ4n) is 1.40. The summed E-state index contributed by atoms with van der Waals surface area (Å²) in [5, 5.41) is 0. The Bertz CT molecular complexity index is 432. The van der Waals surface area contributed by atoms with Crippen LogP contribution >= 0.6 is 0 Å². The third-order valence-corrected chi connectivity index (χ3v) is 2.04. The average Bonchev–Trinajstić information content (AvgIpc) is 2.39. The van der Waals surface area contributed by atoms with Crippen molar-refractivity contribution >= 4 is 11.4 Å². The molecule has 1 aliphatic rings. The number of benzene rings is 1. The van der Waals surface area contributed by atoms with Gasteiger partial charge in [-0.3, -0.25) is 0 Å². The van der Waals surface area contributed by atoms with Gasteiger partial charge < -0.3 is 0 Å². The second-order valence-corrected chi connectivity index (χ2v) is 3.05. The summed E-state index contributed by atoms with van der Waals surface area (Å²) in [5.41, 5.74) is -3.07. The number of nitrogens with zero attached hydrogens (tertiary/aromatic N) is 1. The third-order valence-electron chi connectivity index (χ3n) is 2.04. The van der Waals surface area contributed by atoms with Gasteiger partial charge in [-0.25, -0.2) is 4.99 Å². The number of para-hydroxylation sites is 1. The largest absolute Gasteiger partial charge is 0.435 e. The molecule has 15 heavy (non-hydrogen) atoms. The van der Waals surface area contributed by atoms with Crippen molar-refractivity contribution in [1.82, 2.24) is 0 Å². The van der Waals surface area contributed by atoms with Crippen molar-refractivity contribution in [1.29, 1.82) is 0 Å². The Hall–Kier alpha value is -1.46. The van der Waals surface area contributed by atoms with Gasteiger partial charge in [0.1, 0.15) is 0 Å². The molecule has 1 nitrogen and oxygen atoms in total. The predicted molar refractivity (Wildman–Crippen MR) is 43.5 cm³/mol. The number of rotatable bonds is 0. The van der Waals surface area contributed by atoms with Gasteiger partial charge in [-0.1, -0.05) is 18.2 Å². The molecule has 1 aromatic rings. The van der Waals surface area contributed by atoms with Gasteiger partial charge in [0.05, 0.1) is 11.3 Å². The van der Waals surface area contributed by atoms with Crippen LogP contribution in [0, 0.1) is 0 Å². The van der Waals surface area contributed by atoms with Gasteiger partial charge in [0, 0.05) is 0 Å². The molecular weight excluding hydrogens is 217 g/mol. The monoisotopic (exact) mass is 221 g/mol. The molecule has 6 heteroatoms. The lowest BCUT2D eigenvalue weighted by Gasteiger charge is -2.15. The van der Waals surface area contributed by atoms with Crippen molar-refractivity contribution in [3.05, 3.63) is 29.8 Å². The van der Waals surface area contributed by atoms with Gasteiger partial charge in [0.25, 0.3) is 0 Å². The maximum atomic E-state index is 13.2. The Labute approximate surface area is 81.2 Å². The summed E-state index contributed by atoms with van der Waals surface area (Å²) in [4.78, 5) is 2.92. The molecule has 0 amide bonds. The number of hydrogen-bond acceptors (Lipinski definition) is 1. The highest BCUT2D eigenvalue weighted by atomic mass is 19.4. The third kappa shape index (κ3) is 1.40. The summed E-state index contributed by atoms with van der Waals surface area (Å²) < 4.78 is 63.1. The Morgan fingerprint density at radius 1 is 1.07 bits per heavy atom. The zero-order valence-corrected chi connectivity index (χ0v) is 7.15. The first kappa shape index (κ1) is 10.1. The molecule has 80 valence electrons. The highest BCUT2D eigenvalue weighted by Gasteiger charge is 2.57. The second kappa shape index (κ2) is 2.77. The summed E-state index contributed by atoms with van der Waals surface area (Å²) >= 11 is 0. The molecular formula is C9H4F5N. The summed E-state index contributed by atoms with van der Waals surface area (Å²) in [6, 6.07) is 4.68. The lowest BCUT2D eigenvalue weighted by Crippen LogP contribution is -2.35. The predicted octanol–water partition coefficient (Wildman–Crippen LogP) is 3.43. The number of fused-ring (bicyclic) bond motifs is 1. The Kier molecular flexibility index (Phi) is 1.86. The van der Waals surface area contributed by atoms with E-state index in [1.165, 1.54) is 12.1 Å². The number of halogens is 5. The molecule has 0 aromatic heterocycles. The number of hydrogen-bond donors (Lipinski definition) is 0.